The summed E-state index contributed by atoms with van der Waals surface area (Å²) in [6.07, 6.45) is 6.20. The Labute approximate surface area is 175 Å². The van der Waals surface area contributed by atoms with Gasteiger partial charge in [0, 0.05) is 4.88 Å². The van der Waals surface area contributed by atoms with Crippen LogP contribution in [0.15, 0.2) is 18.2 Å². The van der Waals surface area contributed by atoms with Crippen LogP contribution >= 0.6 is 11.3 Å². The van der Waals surface area contributed by atoms with Crippen LogP contribution in [0.2, 0.25) is 0 Å². The van der Waals surface area contributed by atoms with Gasteiger partial charge in [-0.15, -0.1) is 11.3 Å². The Balaban J connectivity index is 2.01. The minimum Gasteiger partial charge on any atom is -0.496 e. The molecular formula is C22H27NO5S. The Morgan fingerprint density at radius 1 is 1.00 bits per heavy atom. The molecule has 3 rings (SSSR count). The highest BCUT2D eigenvalue weighted by molar-refractivity contribution is 7.17. The number of esters is 1. The number of methoxy groups -OCH3 is 2. The highest BCUT2D eigenvalue weighted by atomic mass is 32.1. The molecule has 7 heteroatoms. The molecular weight excluding hydrogens is 390 g/mol. The van der Waals surface area contributed by atoms with Gasteiger partial charge in [0.05, 0.1) is 26.4 Å². The molecule has 1 aliphatic carbocycles. The fraction of sp³-hybridized carbons (Fsp3) is 0.455. The number of ether oxygens (including phenoxy) is 3. The zero-order valence-electron chi connectivity index (χ0n) is 17.1. The molecule has 2 aromatic rings. The molecule has 0 fully saturated rings. The van der Waals surface area contributed by atoms with Crippen molar-refractivity contribution in [3.8, 4) is 11.5 Å². The summed E-state index contributed by atoms with van der Waals surface area (Å²) in [5.74, 6) is 0.0656. The highest BCUT2D eigenvalue weighted by Gasteiger charge is 2.28. The third-order valence-electron chi connectivity index (χ3n) is 5.03. The van der Waals surface area contributed by atoms with Crippen LogP contribution < -0.4 is 14.8 Å². The normalized spacial score (nSPS) is 13.6. The van der Waals surface area contributed by atoms with Crippen molar-refractivity contribution in [1.82, 2.24) is 0 Å². The third-order valence-corrected chi connectivity index (χ3v) is 6.24. The van der Waals surface area contributed by atoms with Gasteiger partial charge in [-0.05, 0) is 50.3 Å². The second kappa shape index (κ2) is 9.78. The number of hydrogen-bond donors (Lipinski definition) is 1. The Morgan fingerprint density at radius 2 is 1.66 bits per heavy atom. The third kappa shape index (κ3) is 4.56. The average molecular weight is 418 g/mol. The second-order valence-corrected chi connectivity index (χ2v) is 7.94. The lowest BCUT2D eigenvalue weighted by Gasteiger charge is -2.13. The molecule has 0 saturated heterocycles. The van der Waals surface area contributed by atoms with Gasteiger partial charge in [0.1, 0.15) is 22.1 Å². The van der Waals surface area contributed by atoms with Gasteiger partial charge in [0.25, 0.3) is 5.91 Å². The molecule has 0 unspecified atom stereocenters. The van der Waals surface area contributed by atoms with E-state index in [1.54, 1.807) is 25.1 Å². The minimum atomic E-state index is -0.382. The van der Waals surface area contributed by atoms with E-state index in [0.717, 1.165) is 42.5 Å². The van der Waals surface area contributed by atoms with Crippen molar-refractivity contribution in [2.75, 3.05) is 26.1 Å². The van der Waals surface area contributed by atoms with Crippen LogP contribution in [0.5, 0.6) is 11.5 Å². The van der Waals surface area contributed by atoms with Gasteiger partial charge in [-0.3, -0.25) is 4.79 Å². The Bertz CT molecular complexity index is 867. The largest absolute Gasteiger partial charge is 0.496 e. The van der Waals surface area contributed by atoms with Gasteiger partial charge in [0.15, 0.2) is 0 Å². The molecule has 6 nitrogen and oxygen atoms in total. The topological polar surface area (TPSA) is 73.9 Å². The fourth-order valence-corrected chi connectivity index (χ4v) is 4.94. The molecule has 156 valence electrons. The number of nitrogens with one attached hydrogen (secondary N) is 1. The Morgan fingerprint density at radius 3 is 2.28 bits per heavy atom. The van der Waals surface area contributed by atoms with E-state index in [-0.39, 0.29) is 18.5 Å². The van der Waals surface area contributed by atoms with Gasteiger partial charge in [-0.2, -0.15) is 0 Å². The van der Waals surface area contributed by atoms with E-state index in [0.29, 0.717) is 27.6 Å². The molecule has 1 amide bonds. The molecule has 0 spiro atoms. The summed E-state index contributed by atoms with van der Waals surface area (Å²) in [4.78, 5) is 27.0. The standard InChI is InChI=1S/C22H27NO5S/c1-4-28-22(25)18-14-10-7-5-6-8-13-17(14)29-21(18)23-20(24)19-15(26-2)11-9-12-16(19)27-3/h9,11-12H,4-8,10,13H2,1-3H3,(H,23,24). The summed E-state index contributed by atoms with van der Waals surface area (Å²) >= 11 is 1.47. The van der Waals surface area contributed by atoms with E-state index < -0.39 is 0 Å². The van der Waals surface area contributed by atoms with Crippen LogP contribution in [0.4, 0.5) is 5.00 Å². The highest BCUT2D eigenvalue weighted by Crippen LogP contribution is 2.39. The zero-order valence-corrected chi connectivity index (χ0v) is 17.9. The Kier molecular flexibility index (Phi) is 7.14. The smallest absolute Gasteiger partial charge is 0.341 e. The van der Waals surface area contributed by atoms with Crippen molar-refractivity contribution >= 4 is 28.2 Å². The number of rotatable bonds is 6. The lowest BCUT2D eigenvalue weighted by molar-refractivity contribution is 0.0526. The molecule has 0 aliphatic heterocycles. The summed E-state index contributed by atoms with van der Waals surface area (Å²) in [5, 5.41) is 3.47. The lowest BCUT2D eigenvalue weighted by atomic mass is 9.96. The molecule has 1 aliphatic rings. The van der Waals surface area contributed by atoms with Crippen LogP contribution in [0.25, 0.3) is 0 Å². The SMILES string of the molecule is CCOC(=O)c1c(NC(=O)c2c(OC)cccc2OC)sc2c1CCCCCC2. The number of anilines is 1. The first kappa shape index (κ1) is 21.2. The minimum absolute atomic E-state index is 0.289. The summed E-state index contributed by atoms with van der Waals surface area (Å²) < 4.78 is 16.0. The molecule has 1 N–H and O–H groups in total. The quantitative estimate of drug-likeness (QED) is 0.680. The van der Waals surface area contributed by atoms with Gasteiger partial charge in [-0.1, -0.05) is 18.9 Å². The van der Waals surface area contributed by atoms with Crippen LogP contribution in [-0.2, 0) is 17.6 Å². The first-order chi connectivity index (χ1) is 14.1. The monoisotopic (exact) mass is 417 g/mol. The summed E-state index contributed by atoms with van der Waals surface area (Å²) in [6.45, 7) is 2.07. The van der Waals surface area contributed by atoms with E-state index >= 15 is 0 Å². The van der Waals surface area contributed by atoms with Gasteiger partial charge in [-0.25, -0.2) is 4.79 Å². The van der Waals surface area contributed by atoms with Crippen LogP contribution in [0.3, 0.4) is 0 Å². The maximum absolute atomic E-state index is 13.1. The van der Waals surface area contributed by atoms with Crippen LogP contribution in [-0.4, -0.2) is 32.7 Å². The maximum Gasteiger partial charge on any atom is 0.341 e. The van der Waals surface area contributed by atoms with Crippen molar-refractivity contribution in [1.29, 1.82) is 0 Å². The van der Waals surface area contributed by atoms with Crippen molar-refractivity contribution < 1.29 is 23.8 Å². The number of carbonyl (C=O) groups excluding carboxylic acids is 2. The number of fused-ring (bicyclic) bond motifs is 1. The van der Waals surface area contributed by atoms with Gasteiger partial charge >= 0.3 is 5.97 Å². The fourth-order valence-electron chi connectivity index (χ4n) is 3.67. The second-order valence-electron chi connectivity index (χ2n) is 6.83. The lowest BCUT2D eigenvalue weighted by Crippen LogP contribution is -2.17. The molecule has 1 heterocycles. The van der Waals surface area contributed by atoms with E-state index in [1.807, 2.05) is 0 Å². The molecule has 29 heavy (non-hydrogen) atoms. The summed E-state index contributed by atoms with van der Waals surface area (Å²) in [6, 6.07) is 5.17. The average Bonchev–Trinajstić information content (AvgIpc) is 3.03. The molecule has 1 aromatic carbocycles. The van der Waals surface area contributed by atoms with E-state index in [4.69, 9.17) is 14.2 Å². The number of aryl methyl sites for hydroxylation is 1. The molecule has 0 bridgehead atoms. The summed E-state index contributed by atoms with van der Waals surface area (Å²) in [7, 11) is 3.01. The number of carbonyl (C=O) groups is 2. The number of hydrogen-bond acceptors (Lipinski definition) is 6. The zero-order chi connectivity index (χ0) is 20.8. The molecule has 1 aromatic heterocycles. The van der Waals surface area contributed by atoms with E-state index in [9.17, 15) is 9.59 Å². The van der Waals surface area contributed by atoms with Crippen molar-refractivity contribution in [2.45, 2.75) is 45.4 Å². The number of benzene rings is 1. The van der Waals surface area contributed by atoms with Crippen LogP contribution in [0, 0.1) is 0 Å². The maximum atomic E-state index is 13.1. The van der Waals surface area contributed by atoms with E-state index in [1.165, 1.54) is 32.0 Å². The predicted molar refractivity (Wildman–Crippen MR) is 114 cm³/mol. The molecule has 0 atom stereocenters. The predicted octanol–water partition coefficient (Wildman–Crippen LogP) is 4.85. The number of amides is 1. The van der Waals surface area contributed by atoms with Crippen molar-refractivity contribution in [3.63, 3.8) is 0 Å². The van der Waals surface area contributed by atoms with E-state index in [2.05, 4.69) is 5.32 Å². The first-order valence-corrected chi connectivity index (χ1v) is 10.8. The summed E-state index contributed by atoms with van der Waals surface area (Å²) in [5.41, 5.74) is 1.82. The first-order valence-electron chi connectivity index (χ1n) is 9.94. The Hall–Kier alpha value is -2.54. The van der Waals surface area contributed by atoms with Gasteiger partial charge in [0.2, 0.25) is 0 Å². The van der Waals surface area contributed by atoms with Crippen molar-refractivity contribution in [2.24, 2.45) is 0 Å². The molecule has 0 saturated carbocycles. The van der Waals surface area contributed by atoms with Crippen LogP contribution in [0.1, 0.15) is 63.8 Å². The van der Waals surface area contributed by atoms with Gasteiger partial charge < -0.3 is 19.5 Å². The molecule has 0 radical (unpaired) electrons. The number of thiophene rings is 1. The van der Waals surface area contributed by atoms with Crippen molar-refractivity contribution in [3.05, 3.63) is 39.8 Å².